The second kappa shape index (κ2) is 6.73. The van der Waals surface area contributed by atoms with E-state index in [0.717, 1.165) is 32.5 Å². The molecule has 1 aromatic carbocycles. The van der Waals surface area contributed by atoms with Crippen LogP contribution in [0.1, 0.15) is 31.2 Å². The minimum Gasteiger partial charge on any atom is -0.329 e. The van der Waals surface area contributed by atoms with E-state index in [2.05, 4.69) is 52.7 Å². The molecule has 0 radical (unpaired) electrons. The van der Waals surface area contributed by atoms with Gasteiger partial charge in [0.15, 0.2) is 0 Å². The number of rotatable bonds is 5. The summed E-state index contributed by atoms with van der Waals surface area (Å²) in [4.78, 5) is 2.56. The molecule has 2 aliphatic rings. The summed E-state index contributed by atoms with van der Waals surface area (Å²) in [5.74, 6) is 0. The van der Waals surface area contributed by atoms with Crippen molar-refractivity contribution in [1.29, 1.82) is 0 Å². The Labute approximate surface area is 128 Å². The van der Waals surface area contributed by atoms with Gasteiger partial charge in [-0.15, -0.1) is 0 Å². The third-order valence-corrected chi connectivity index (χ3v) is 4.81. The van der Waals surface area contributed by atoms with Crippen molar-refractivity contribution in [3.05, 3.63) is 48.0 Å². The Morgan fingerprint density at radius 3 is 2.67 bits per heavy atom. The predicted molar refractivity (Wildman–Crippen MR) is 88.0 cm³/mol. The van der Waals surface area contributed by atoms with E-state index in [-0.39, 0.29) is 5.54 Å². The summed E-state index contributed by atoms with van der Waals surface area (Å²) in [6, 6.07) is 11.3. The predicted octanol–water partition coefficient (Wildman–Crippen LogP) is 2.29. The summed E-state index contributed by atoms with van der Waals surface area (Å²) in [5, 5.41) is 3.87. The van der Waals surface area contributed by atoms with Gasteiger partial charge in [0.25, 0.3) is 0 Å². The summed E-state index contributed by atoms with van der Waals surface area (Å²) in [5.41, 5.74) is 7.66. The van der Waals surface area contributed by atoms with Crippen LogP contribution in [0.4, 0.5) is 0 Å². The van der Waals surface area contributed by atoms with Crippen molar-refractivity contribution >= 4 is 0 Å². The average Bonchev–Trinajstić information content (AvgIpc) is 3.01. The fourth-order valence-electron chi connectivity index (χ4n) is 3.72. The van der Waals surface area contributed by atoms with Crippen LogP contribution in [0.5, 0.6) is 0 Å². The van der Waals surface area contributed by atoms with Crippen LogP contribution in [0.3, 0.4) is 0 Å². The maximum absolute atomic E-state index is 6.16. The molecule has 1 unspecified atom stereocenters. The molecule has 0 bridgehead atoms. The first-order chi connectivity index (χ1) is 10.3. The van der Waals surface area contributed by atoms with Crippen LogP contribution < -0.4 is 11.1 Å². The van der Waals surface area contributed by atoms with Gasteiger partial charge in [0.2, 0.25) is 0 Å². The van der Waals surface area contributed by atoms with E-state index in [1.165, 1.54) is 24.9 Å². The molecule has 21 heavy (non-hydrogen) atoms. The molecule has 3 nitrogen and oxygen atoms in total. The third kappa shape index (κ3) is 3.73. The van der Waals surface area contributed by atoms with Crippen molar-refractivity contribution in [1.82, 2.24) is 10.2 Å². The maximum atomic E-state index is 6.16. The summed E-state index contributed by atoms with van der Waals surface area (Å²) in [6.45, 7) is 4.01. The number of piperidine rings is 1. The van der Waals surface area contributed by atoms with Crippen LogP contribution >= 0.6 is 0 Å². The maximum Gasteiger partial charge on any atom is 0.0435 e. The van der Waals surface area contributed by atoms with E-state index in [1.54, 1.807) is 0 Å². The van der Waals surface area contributed by atoms with Gasteiger partial charge in [0, 0.05) is 31.2 Å². The van der Waals surface area contributed by atoms with E-state index >= 15 is 0 Å². The normalized spacial score (nSPS) is 27.3. The quantitative estimate of drug-likeness (QED) is 0.816. The van der Waals surface area contributed by atoms with Crippen LogP contribution in [0.15, 0.2) is 42.5 Å². The fourth-order valence-corrected chi connectivity index (χ4v) is 3.72. The monoisotopic (exact) mass is 285 g/mol. The Balaban J connectivity index is 1.62. The molecule has 1 heterocycles. The molecular formula is C18H27N3. The van der Waals surface area contributed by atoms with Gasteiger partial charge in [-0.2, -0.15) is 0 Å². The van der Waals surface area contributed by atoms with Gasteiger partial charge in [-0.3, -0.25) is 4.90 Å². The molecule has 1 atom stereocenters. The SMILES string of the molecule is NCC1(NC2CC=CC2)CCCN(Cc2ccccc2)C1. The summed E-state index contributed by atoms with van der Waals surface area (Å²) in [7, 11) is 0. The number of nitrogens with two attached hydrogens (primary N) is 1. The number of hydrogen-bond acceptors (Lipinski definition) is 3. The average molecular weight is 285 g/mol. The molecule has 3 heteroatoms. The lowest BCUT2D eigenvalue weighted by Crippen LogP contribution is -2.62. The lowest BCUT2D eigenvalue weighted by atomic mass is 9.87. The lowest BCUT2D eigenvalue weighted by Gasteiger charge is -2.44. The van der Waals surface area contributed by atoms with E-state index in [9.17, 15) is 0 Å². The molecule has 3 rings (SSSR count). The number of nitrogens with zero attached hydrogens (tertiary/aromatic N) is 1. The van der Waals surface area contributed by atoms with Crippen molar-refractivity contribution in [2.24, 2.45) is 5.73 Å². The number of likely N-dealkylation sites (tertiary alicyclic amines) is 1. The summed E-state index contributed by atoms with van der Waals surface area (Å²) in [6.07, 6.45) is 9.31. The Morgan fingerprint density at radius 2 is 1.95 bits per heavy atom. The molecule has 1 fully saturated rings. The number of hydrogen-bond donors (Lipinski definition) is 2. The zero-order valence-electron chi connectivity index (χ0n) is 12.8. The molecule has 0 spiro atoms. The standard InChI is InChI=1S/C18H27N3/c19-14-18(20-17-9-4-5-10-17)11-6-12-21(15-18)13-16-7-2-1-3-8-16/h1-5,7-8,17,20H,6,9-15,19H2. The summed E-state index contributed by atoms with van der Waals surface area (Å²) < 4.78 is 0. The van der Waals surface area contributed by atoms with Crippen molar-refractivity contribution in [3.63, 3.8) is 0 Å². The van der Waals surface area contributed by atoms with Gasteiger partial charge in [-0.25, -0.2) is 0 Å². The molecular weight excluding hydrogens is 258 g/mol. The molecule has 3 N–H and O–H groups in total. The van der Waals surface area contributed by atoms with Crippen molar-refractivity contribution in [3.8, 4) is 0 Å². The van der Waals surface area contributed by atoms with Gasteiger partial charge in [-0.1, -0.05) is 42.5 Å². The summed E-state index contributed by atoms with van der Waals surface area (Å²) >= 11 is 0. The van der Waals surface area contributed by atoms with Crippen LogP contribution in [-0.2, 0) is 6.54 Å². The van der Waals surface area contributed by atoms with Gasteiger partial charge < -0.3 is 11.1 Å². The highest BCUT2D eigenvalue weighted by atomic mass is 15.2. The van der Waals surface area contributed by atoms with E-state index in [4.69, 9.17) is 5.73 Å². The minimum atomic E-state index is 0.101. The molecule has 0 aromatic heterocycles. The Morgan fingerprint density at radius 1 is 1.19 bits per heavy atom. The van der Waals surface area contributed by atoms with Crippen molar-refractivity contribution < 1.29 is 0 Å². The van der Waals surface area contributed by atoms with E-state index in [1.807, 2.05) is 0 Å². The van der Waals surface area contributed by atoms with Gasteiger partial charge in [-0.05, 0) is 37.8 Å². The first-order valence-corrected chi connectivity index (χ1v) is 8.19. The second-order valence-electron chi connectivity index (χ2n) is 6.57. The van der Waals surface area contributed by atoms with Crippen LogP contribution in [0, 0.1) is 0 Å². The van der Waals surface area contributed by atoms with Gasteiger partial charge in [0.05, 0.1) is 0 Å². The minimum absolute atomic E-state index is 0.101. The molecule has 1 saturated heterocycles. The zero-order valence-corrected chi connectivity index (χ0v) is 12.8. The van der Waals surface area contributed by atoms with E-state index < -0.39 is 0 Å². The molecule has 1 aliphatic heterocycles. The second-order valence-corrected chi connectivity index (χ2v) is 6.57. The molecule has 1 aliphatic carbocycles. The Kier molecular flexibility index (Phi) is 4.73. The van der Waals surface area contributed by atoms with Crippen LogP contribution in [0.2, 0.25) is 0 Å². The highest BCUT2D eigenvalue weighted by molar-refractivity contribution is 5.15. The fraction of sp³-hybridized carbons (Fsp3) is 0.556. The largest absolute Gasteiger partial charge is 0.329 e. The number of benzene rings is 1. The van der Waals surface area contributed by atoms with Crippen LogP contribution in [0.25, 0.3) is 0 Å². The van der Waals surface area contributed by atoms with Crippen molar-refractivity contribution in [2.45, 2.75) is 43.8 Å². The highest BCUT2D eigenvalue weighted by Gasteiger charge is 2.35. The molecule has 0 saturated carbocycles. The molecule has 0 amide bonds. The Bertz CT molecular complexity index is 463. The van der Waals surface area contributed by atoms with Gasteiger partial charge in [0.1, 0.15) is 0 Å². The molecule has 114 valence electrons. The third-order valence-electron chi connectivity index (χ3n) is 4.81. The topological polar surface area (TPSA) is 41.3 Å². The van der Waals surface area contributed by atoms with Gasteiger partial charge >= 0.3 is 0 Å². The van der Waals surface area contributed by atoms with E-state index in [0.29, 0.717) is 6.04 Å². The highest BCUT2D eigenvalue weighted by Crippen LogP contribution is 2.24. The number of nitrogens with one attached hydrogen (secondary N) is 1. The smallest absolute Gasteiger partial charge is 0.0435 e. The zero-order chi connectivity index (χ0) is 14.5. The Hall–Kier alpha value is -1.16. The van der Waals surface area contributed by atoms with Crippen LogP contribution in [-0.4, -0.2) is 36.1 Å². The first kappa shape index (κ1) is 14.8. The lowest BCUT2D eigenvalue weighted by molar-refractivity contribution is 0.111. The first-order valence-electron chi connectivity index (χ1n) is 8.19. The van der Waals surface area contributed by atoms with Crippen molar-refractivity contribution in [2.75, 3.05) is 19.6 Å². The molecule has 1 aromatic rings.